The first-order valence-electron chi connectivity index (χ1n) is 8.08. The summed E-state index contributed by atoms with van der Waals surface area (Å²) in [5.41, 5.74) is 3.67. The average molecular weight is 322 g/mol. The van der Waals surface area contributed by atoms with Gasteiger partial charge < -0.3 is 14.4 Å². The van der Waals surface area contributed by atoms with Crippen molar-refractivity contribution in [2.45, 2.75) is 12.8 Å². The van der Waals surface area contributed by atoms with Crippen LogP contribution in [0, 0.1) is 5.92 Å². The highest BCUT2D eigenvalue weighted by Gasteiger charge is 2.24. The van der Waals surface area contributed by atoms with Crippen LogP contribution in [-0.4, -0.2) is 38.5 Å². The van der Waals surface area contributed by atoms with E-state index < -0.39 is 5.97 Å². The Morgan fingerprint density at radius 3 is 2.62 bits per heavy atom. The molecule has 0 aliphatic carbocycles. The fraction of sp³-hybridized carbons (Fsp3) is 0.278. The summed E-state index contributed by atoms with van der Waals surface area (Å²) in [7, 11) is 0. The number of carboxylic acid groups (broad SMARTS) is 1. The molecule has 1 saturated heterocycles. The lowest BCUT2D eigenvalue weighted by Gasteiger charge is -2.31. The maximum absolute atomic E-state index is 11.1. The number of aromatic nitrogens is 3. The summed E-state index contributed by atoms with van der Waals surface area (Å²) >= 11 is 0. The van der Waals surface area contributed by atoms with E-state index in [1.54, 1.807) is 6.20 Å². The van der Waals surface area contributed by atoms with E-state index in [2.05, 4.69) is 21.1 Å². The minimum absolute atomic E-state index is 0.214. The molecule has 0 bridgehead atoms. The van der Waals surface area contributed by atoms with Crippen LogP contribution in [-0.2, 0) is 4.79 Å². The van der Waals surface area contributed by atoms with Gasteiger partial charge >= 0.3 is 5.97 Å². The summed E-state index contributed by atoms with van der Waals surface area (Å²) < 4.78 is 2.00. The summed E-state index contributed by atoms with van der Waals surface area (Å²) in [5.74, 6) is -0.895. The lowest BCUT2D eigenvalue weighted by molar-refractivity contribution is -0.142. The van der Waals surface area contributed by atoms with E-state index in [1.165, 1.54) is 0 Å². The molecule has 1 aliphatic rings. The van der Waals surface area contributed by atoms with Gasteiger partial charge in [-0.2, -0.15) is 0 Å². The number of hydrogen-bond acceptors (Lipinski definition) is 4. The number of nitrogens with zero attached hydrogens (tertiary/aromatic N) is 4. The van der Waals surface area contributed by atoms with Crippen LogP contribution in [0.3, 0.4) is 0 Å². The first kappa shape index (κ1) is 14.7. The molecule has 122 valence electrons. The number of aliphatic carboxylic acids is 1. The number of anilines is 1. The average Bonchev–Trinajstić information content (AvgIpc) is 3.06. The molecule has 3 aromatic heterocycles. The molecule has 0 atom stereocenters. The molecule has 0 unspecified atom stereocenters. The largest absolute Gasteiger partial charge is 0.481 e. The Morgan fingerprint density at radius 2 is 1.92 bits per heavy atom. The van der Waals surface area contributed by atoms with Crippen molar-refractivity contribution in [1.82, 2.24) is 14.4 Å². The van der Waals surface area contributed by atoms with Crippen LogP contribution in [0.2, 0.25) is 0 Å². The monoisotopic (exact) mass is 322 g/mol. The Labute approximate surface area is 139 Å². The standard InChI is InChI=1S/C18H18N4O2/c23-18(24)13-6-9-21(10-7-13)14-4-5-17-20-16(12-22(17)11-14)15-3-1-2-8-19-15/h1-5,8,11-13H,6-7,9-10H2,(H,23,24). The molecule has 0 aromatic carbocycles. The third kappa shape index (κ3) is 2.71. The van der Waals surface area contributed by atoms with Crippen molar-refractivity contribution < 1.29 is 9.90 Å². The first-order chi connectivity index (χ1) is 11.7. The van der Waals surface area contributed by atoms with E-state index in [9.17, 15) is 4.79 Å². The van der Waals surface area contributed by atoms with Crippen LogP contribution in [0.4, 0.5) is 5.69 Å². The minimum Gasteiger partial charge on any atom is -0.481 e. The van der Waals surface area contributed by atoms with Crippen molar-refractivity contribution in [1.29, 1.82) is 0 Å². The number of imidazole rings is 1. The summed E-state index contributed by atoms with van der Waals surface area (Å²) in [6.07, 6.45) is 7.17. The van der Waals surface area contributed by atoms with Gasteiger partial charge in [0.15, 0.2) is 0 Å². The molecule has 0 saturated carbocycles. The zero-order valence-electron chi connectivity index (χ0n) is 13.2. The lowest BCUT2D eigenvalue weighted by Crippen LogP contribution is -2.36. The Kier molecular flexibility index (Phi) is 3.65. The van der Waals surface area contributed by atoms with Gasteiger partial charge in [0.1, 0.15) is 11.3 Å². The van der Waals surface area contributed by atoms with Crippen molar-refractivity contribution in [3.8, 4) is 11.4 Å². The summed E-state index contributed by atoms with van der Waals surface area (Å²) in [4.78, 5) is 22.3. The quantitative estimate of drug-likeness (QED) is 0.803. The van der Waals surface area contributed by atoms with Gasteiger partial charge in [0.2, 0.25) is 0 Å². The van der Waals surface area contributed by atoms with Crippen molar-refractivity contribution >= 4 is 17.3 Å². The summed E-state index contributed by atoms with van der Waals surface area (Å²) in [5, 5.41) is 9.11. The molecule has 24 heavy (non-hydrogen) atoms. The highest BCUT2D eigenvalue weighted by molar-refractivity contribution is 5.70. The van der Waals surface area contributed by atoms with Gasteiger partial charge in [-0.3, -0.25) is 9.78 Å². The molecular weight excluding hydrogens is 304 g/mol. The normalized spacial score (nSPS) is 15.8. The fourth-order valence-electron chi connectivity index (χ4n) is 3.19. The predicted molar refractivity (Wildman–Crippen MR) is 91.0 cm³/mol. The van der Waals surface area contributed by atoms with Crippen LogP contribution in [0.25, 0.3) is 17.0 Å². The zero-order valence-corrected chi connectivity index (χ0v) is 13.2. The van der Waals surface area contributed by atoms with Gasteiger partial charge in [0.25, 0.3) is 0 Å². The van der Waals surface area contributed by atoms with Gasteiger partial charge in [-0.05, 0) is 37.1 Å². The molecule has 3 aromatic rings. The molecular formula is C18H18N4O2. The minimum atomic E-state index is -0.681. The Hall–Kier alpha value is -2.89. The number of carbonyl (C=O) groups is 1. The van der Waals surface area contributed by atoms with Crippen molar-refractivity contribution in [3.63, 3.8) is 0 Å². The van der Waals surface area contributed by atoms with E-state index in [0.717, 1.165) is 35.8 Å². The highest BCUT2D eigenvalue weighted by atomic mass is 16.4. The van der Waals surface area contributed by atoms with E-state index >= 15 is 0 Å². The van der Waals surface area contributed by atoms with Crippen LogP contribution in [0.1, 0.15) is 12.8 Å². The lowest BCUT2D eigenvalue weighted by atomic mass is 9.97. The molecule has 4 rings (SSSR count). The van der Waals surface area contributed by atoms with Gasteiger partial charge in [-0.1, -0.05) is 6.07 Å². The summed E-state index contributed by atoms with van der Waals surface area (Å²) in [6.45, 7) is 1.54. The smallest absolute Gasteiger partial charge is 0.306 e. The molecule has 0 radical (unpaired) electrons. The topological polar surface area (TPSA) is 70.7 Å². The first-order valence-corrected chi connectivity index (χ1v) is 8.08. The fourth-order valence-corrected chi connectivity index (χ4v) is 3.19. The van der Waals surface area contributed by atoms with E-state index in [0.29, 0.717) is 12.8 Å². The molecule has 0 spiro atoms. The second-order valence-electron chi connectivity index (χ2n) is 6.09. The number of rotatable bonds is 3. The number of pyridine rings is 2. The third-order valence-corrected chi connectivity index (χ3v) is 4.57. The maximum Gasteiger partial charge on any atom is 0.306 e. The number of carboxylic acids is 1. The Bertz CT molecular complexity index is 867. The number of piperidine rings is 1. The van der Waals surface area contributed by atoms with Crippen LogP contribution < -0.4 is 4.90 Å². The second kappa shape index (κ2) is 5.96. The van der Waals surface area contributed by atoms with Gasteiger partial charge in [0, 0.05) is 31.7 Å². The Morgan fingerprint density at radius 1 is 1.08 bits per heavy atom. The molecule has 1 aliphatic heterocycles. The molecule has 0 amide bonds. The maximum atomic E-state index is 11.1. The zero-order chi connectivity index (χ0) is 16.5. The molecule has 1 fully saturated rings. The van der Waals surface area contributed by atoms with Crippen LogP contribution >= 0.6 is 0 Å². The van der Waals surface area contributed by atoms with Crippen LogP contribution in [0.5, 0.6) is 0 Å². The van der Waals surface area contributed by atoms with Crippen LogP contribution in [0.15, 0.2) is 48.9 Å². The third-order valence-electron chi connectivity index (χ3n) is 4.57. The molecule has 6 heteroatoms. The second-order valence-corrected chi connectivity index (χ2v) is 6.09. The van der Waals surface area contributed by atoms with E-state index in [1.807, 2.05) is 40.9 Å². The SMILES string of the molecule is O=C(O)C1CCN(c2ccc3nc(-c4ccccn4)cn3c2)CC1. The van der Waals surface area contributed by atoms with E-state index in [-0.39, 0.29) is 5.92 Å². The number of fused-ring (bicyclic) bond motifs is 1. The van der Waals surface area contributed by atoms with Gasteiger partial charge in [-0.25, -0.2) is 4.98 Å². The van der Waals surface area contributed by atoms with E-state index in [4.69, 9.17) is 5.11 Å². The molecule has 6 nitrogen and oxygen atoms in total. The Balaban J connectivity index is 1.59. The van der Waals surface area contributed by atoms with Crippen molar-refractivity contribution in [2.24, 2.45) is 5.92 Å². The summed E-state index contributed by atoms with van der Waals surface area (Å²) in [6, 6.07) is 9.82. The van der Waals surface area contributed by atoms with Crippen molar-refractivity contribution in [3.05, 3.63) is 48.9 Å². The number of hydrogen-bond donors (Lipinski definition) is 1. The highest BCUT2D eigenvalue weighted by Crippen LogP contribution is 2.25. The van der Waals surface area contributed by atoms with Gasteiger partial charge in [-0.15, -0.1) is 0 Å². The predicted octanol–water partition coefficient (Wildman–Crippen LogP) is 2.70. The van der Waals surface area contributed by atoms with Gasteiger partial charge in [0.05, 0.1) is 17.3 Å². The molecule has 4 heterocycles. The molecule has 1 N–H and O–H groups in total. The van der Waals surface area contributed by atoms with Crippen molar-refractivity contribution in [2.75, 3.05) is 18.0 Å².